The molecule has 9 heteroatoms. The molecular formula is C21H17Cl2N3O4. The number of carbonyl (C=O) groups is 3. The number of imide groups is 1. The Bertz CT molecular complexity index is 1160. The van der Waals surface area contributed by atoms with Gasteiger partial charge in [-0.1, -0.05) is 41.4 Å². The number of nitrogens with one attached hydrogen (secondary N) is 1. The zero-order valence-corrected chi connectivity index (χ0v) is 17.5. The van der Waals surface area contributed by atoms with E-state index in [4.69, 9.17) is 27.9 Å². The number of aromatic amines is 1. The number of anilines is 1. The van der Waals surface area contributed by atoms with Gasteiger partial charge in [0.05, 0.1) is 23.9 Å². The molecule has 1 aliphatic rings. The molecule has 7 nitrogen and oxygen atoms in total. The van der Waals surface area contributed by atoms with Crippen LogP contribution in [0, 0.1) is 0 Å². The van der Waals surface area contributed by atoms with Gasteiger partial charge in [-0.2, -0.15) is 0 Å². The maximum Gasteiger partial charge on any atom is 0.355 e. The molecule has 30 heavy (non-hydrogen) atoms. The normalized spacial score (nSPS) is 14.1. The van der Waals surface area contributed by atoms with Gasteiger partial charge < -0.3 is 14.6 Å². The van der Waals surface area contributed by atoms with E-state index >= 15 is 0 Å². The van der Waals surface area contributed by atoms with Crippen LogP contribution in [0.25, 0.3) is 10.9 Å². The Labute approximate surface area is 182 Å². The Morgan fingerprint density at radius 1 is 1.17 bits per heavy atom. The Morgan fingerprint density at radius 3 is 2.60 bits per heavy atom. The van der Waals surface area contributed by atoms with Crippen molar-refractivity contribution in [1.82, 2.24) is 9.88 Å². The number of amides is 3. The van der Waals surface area contributed by atoms with E-state index in [9.17, 15) is 14.4 Å². The van der Waals surface area contributed by atoms with E-state index < -0.39 is 12.0 Å². The highest BCUT2D eigenvalue weighted by Gasteiger charge is 2.38. The van der Waals surface area contributed by atoms with E-state index in [0.717, 1.165) is 4.90 Å². The van der Waals surface area contributed by atoms with Crippen LogP contribution in [0.3, 0.4) is 0 Å². The summed E-state index contributed by atoms with van der Waals surface area (Å²) in [5.41, 5.74) is 1.68. The Morgan fingerprint density at radius 2 is 1.90 bits per heavy atom. The minimum Gasteiger partial charge on any atom is -0.461 e. The highest BCUT2D eigenvalue weighted by atomic mass is 35.5. The monoisotopic (exact) mass is 445 g/mol. The summed E-state index contributed by atoms with van der Waals surface area (Å²) in [4.78, 5) is 43.5. The van der Waals surface area contributed by atoms with Gasteiger partial charge in [-0.25, -0.2) is 14.5 Å². The van der Waals surface area contributed by atoms with E-state index in [-0.39, 0.29) is 31.3 Å². The molecule has 1 fully saturated rings. The number of H-pyrrole nitrogens is 1. The molecule has 0 saturated carbocycles. The number of rotatable bonds is 5. The van der Waals surface area contributed by atoms with Crippen LogP contribution in [0.4, 0.5) is 10.5 Å². The maximum absolute atomic E-state index is 13.0. The molecule has 1 N–H and O–H groups in total. The summed E-state index contributed by atoms with van der Waals surface area (Å²) in [7, 11) is 0. The summed E-state index contributed by atoms with van der Waals surface area (Å²) >= 11 is 12.5. The van der Waals surface area contributed by atoms with E-state index in [0.29, 0.717) is 32.2 Å². The third kappa shape index (κ3) is 3.51. The fourth-order valence-electron chi connectivity index (χ4n) is 3.55. The highest BCUT2D eigenvalue weighted by Crippen LogP contribution is 2.34. The van der Waals surface area contributed by atoms with E-state index in [1.165, 1.54) is 4.90 Å². The standard InChI is InChI=1S/C21H17Cl2N3O4/c1-2-30-20(28)19-14(18-15(23)8-12(22)9-16(18)24-19)10-25-11-17(27)26(21(25)29)13-6-4-3-5-7-13/h3-9,24H,2,10-11H2,1H3. The summed E-state index contributed by atoms with van der Waals surface area (Å²) in [6, 6.07) is 11.4. The first kappa shape index (κ1) is 20.3. The van der Waals surface area contributed by atoms with Gasteiger partial charge in [0.25, 0.3) is 5.91 Å². The van der Waals surface area contributed by atoms with E-state index in [2.05, 4.69) is 4.98 Å². The molecule has 1 saturated heterocycles. The third-order valence-electron chi connectivity index (χ3n) is 4.80. The van der Waals surface area contributed by atoms with Crippen LogP contribution < -0.4 is 4.90 Å². The first-order valence-corrected chi connectivity index (χ1v) is 10.00. The lowest BCUT2D eigenvalue weighted by Gasteiger charge is -2.17. The number of aromatic nitrogens is 1. The second-order valence-corrected chi connectivity index (χ2v) is 7.56. The zero-order valence-electron chi connectivity index (χ0n) is 15.9. The van der Waals surface area contributed by atoms with Crippen molar-refractivity contribution in [2.75, 3.05) is 18.1 Å². The highest BCUT2D eigenvalue weighted by molar-refractivity contribution is 6.39. The molecule has 0 unspecified atom stereocenters. The fraction of sp³-hybridized carbons (Fsp3) is 0.190. The van der Waals surface area contributed by atoms with Crippen LogP contribution in [-0.4, -0.2) is 40.9 Å². The SMILES string of the molecule is CCOC(=O)c1[nH]c2cc(Cl)cc(Cl)c2c1CN1CC(=O)N(c2ccccc2)C1=O. The summed E-state index contributed by atoms with van der Waals surface area (Å²) < 4.78 is 5.14. The van der Waals surface area contributed by atoms with Gasteiger partial charge in [0, 0.05) is 21.5 Å². The largest absolute Gasteiger partial charge is 0.461 e. The first-order valence-electron chi connectivity index (χ1n) is 9.24. The maximum atomic E-state index is 13.0. The van der Waals surface area contributed by atoms with Crippen LogP contribution in [0.2, 0.25) is 10.0 Å². The Kier molecular flexibility index (Phi) is 5.40. The molecule has 3 amide bonds. The molecule has 2 aromatic carbocycles. The molecule has 1 aliphatic heterocycles. The van der Waals surface area contributed by atoms with Gasteiger partial charge in [-0.05, 0) is 31.2 Å². The lowest BCUT2D eigenvalue weighted by Crippen LogP contribution is -2.33. The van der Waals surface area contributed by atoms with Crippen LogP contribution in [0.1, 0.15) is 23.0 Å². The number of halogens is 2. The minimum absolute atomic E-state index is 0.00338. The summed E-state index contributed by atoms with van der Waals surface area (Å²) in [6.45, 7) is 1.77. The van der Waals surface area contributed by atoms with Gasteiger partial charge in [0.2, 0.25) is 0 Å². The molecule has 2 heterocycles. The molecule has 0 aliphatic carbocycles. The molecule has 4 rings (SSSR count). The average molecular weight is 446 g/mol. The molecule has 1 aromatic heterocycles. The number of para-hydroxylation sites is 1. The van der Waals surface area contributed by atoms with E-state index in [1.807, 2.05) is 0 Å². The van der Waals surface area contributed by atoms with Crippen molar-refractivity contribution in [3.8, 4) is 0 Å². The van der Waals surface area contributed by atoms with Crippen molar-refractivity contribution in [3.05, 3.63) is 63.8 Å². The fourth-order valence-corrected chi connectivity index (χ4v) is 4.15. The quantitative estimate of drug-likeness (QED) is 0.458. The number of fused-ring (bicyclic) bond motifs is 1. The third-order valence-corrected chi connectivity index (χ3v) is 5.31. The molecule has 154 valence electrons. The molecule has 0 bridgehead atoms. The minimum atomic E-state index is -0.575. The number of esters is 1. The van der Waals surface area contributed by atoms with Crippen molar-refractivity contribution in [1.29, 1.82) is 0 Å². The summed E-state index contributed by atoms with van der Waals surface area (Å²) in [6.07, 6.45) is 0. The van der Waals surface area contributed by atoms with Crippen molar-refractivity contribution in [3.63, 3.8) is 0 Å². The molecule has 0 atom stereocenters. The second kappa shape index (κ2) is 8.01. The average Bonchev–Trinajstić information content (AvgIpc) is 3.20. The Balaban J connectivity index is 1.74. The predicted molar refractivity (Wildman–Crippen MR) is 114 cm³/mol. The Hall–Kier alpha value is -3.03. The lowest BCUT2D eigenvalue weighted by molar-refractivity contribution is -0.116. The number of nitrogens with zero attached hydrogens (tertiary/aromatic N) is 2. The number of hydrogen-bond acceptors (Lipinski definition) is 4. The van der Waals surface area contributed by atoms with Crippen LogP contribution in [-0.2, 0) is 16.1 Å². The number of benzene rings is 2. The molecule has 0 radical (unpaired) electrons. The number of ether oxygens (including phenoxy) is 1. The lowest BCUT2D eigenvalue weighted by atomic mass is 10.1. The summed E-state index contributed by atoms with van der Waals surface area (Å²) in [5, 5.41) is 1.29. The van der Waals surface area contributed by atoms with Crippen LogP contribution >= 0.6 is 23.2 Å². The number of carbonyl (C=O) groups excluding carboxylic acids is 3. The summed E-state index contributed by atoms with van der Waals surface area (Å²) in [5.74, 6) is -0.924. The number of urea groups is 1. The van der Waals surface area contributed by atoms with Crippen LogP contribution in [0.5, 0.6) is 0 Å². The van der Waals surface area contributed by atoms with Gasteiger partial charge >= 0.3 is 12.0 Å². The smallest absolute Gasteiger partial charge is 0.355 e. The predicted octanol–water partition coefficient (Wildman–Crippen LogP) is 4.62. The van der Waals surface area contributed by atoms with Gasteiger partial charge in [-0.3, -0.25) is 4.79 Å². The van der Waals surface area contributed by atoms with Crippen molar-refractivity contribution in [2.45, 2.75) is 13.5 Å². The molecule has 0 spiro atoms. The first-order chi connectivity index (χ1) is 14.4. The second-order valence-electron chi connectivity index (χ2n) is 6.71. The molecular weight excluding hydrogens is 429 g/mol. The van der Waals surface area contributed by atoms with Crippen molar-refractivity contribution < 1.29 is 19.1 Å². The van der Waals surface area contributed by atoms with Crippen molar-refractivity contribution in [2.24, 2.45) is 0 Å². The van der Waals surface area contributed by atoms with Crippen LogP contribution in [0.15, 0.2) is 42.5 Å². The van der Waals surface area contributed by atoms with Crippen molar-refractivity contribution >= 4 is 57.7 Å². The van der Waals surface area contributed by atoms with Gasteiger partial charge in [-0.15, -0.1) is 0 Å². The topological polar surface area (TPSA) is 82.7 Å². The van der Waals surface area contributed by atoms with Gasteiger partial charge in [0.1, 0.15) is 12.2 Å². The van der Waals surface area contributed by atoms with E-state index in [1.54, 1.807) is 49.4 Å². The zero-order chi connectivity index (χ0) is 21.4. The molecule has 3 aromatic rings. The van der Waals surface area contributed by atoms with Gasteiger partial charge in [0.15, 0.2) is 0 Å². The number of hydrogen-bond donors (Lipinski definition) is 1.